The van der Waals surface area contributed by atoms with E-state index in [1.807, 2.05) is 29.2 Å². The number of aryl methyl sites for hydroxylation is 1. The van der Waals surface area contributed by atoms with Crippen molar-refractivity contribution < 1.29 is 14.2 Å². The Hall–Kier alpha value is -2.17. The van der Waals surface area contributed by atoms with Gasteiger partial charge in [-0.05, 0) is 24.1 Å². The summed E-state index contributed by atoms with van der Waals surface area (Å²) in [6.07, 6.45) is 6.53. The van der Waals surface area contributed by atoms with Gasteiger partial charge in [0.25, 0.3) is 0 Å². The Bertz CT molecular complexity index is 682. The van der Waals surface area contributed by atoms with Gasteiger partial charge in [0.1, 0.15) is 0 Å². The summed E-state index contributed by atoms with van der Waals surface area (Å²) in [5.74, 6) is 2.59. The van der Waals surface area contributed by atoms with Crippen LogP contribution < -0.4 is 24.8 Å². The third-order valence-electron chi connectivity index (χ3n) is 3.85. The number of imidazole rings is 1. The summed E-state index contributed by atoms with van der Waals surface area (Å²) in [7, 11) is 6.55. The second-order valence-electron chi connectivity index (χ2n) is 5.54. The fraction of sp³-hybridized carbons (Fsp3) is 0.444. The first kappa shape index (κ1) is 22.9. The Morgan fingerprint density at radius 2 is 1.81 bits per heavy atom. The van der Waals surface area contributed by atoms with E-state index in [2.05, 4.69) is 20.6 Å². The summed E-state index contributed by atoms with van der Waals surface area (Å²) in [5.41, 5.74) is 1.00. The van der Waals surface area contributed by atoms with Crippen molar-refractivity contribution in [1.82, 2.24) is 20.2 Å². The smallest absolute Gasteiger partial charge is 0.203 e. The first-order valence-corrected chi connectivity index (χ1v) is 8.41. The summed E-state index contributed by atoms with van der Waals surface area (Å²) >= 11 is 0. The van der Waals surface area contributed by atoms with Gasteiger partial charge in [0.15, 0.2) is 17.5 Å². The van der Waals surface area contributed by atoms with Crippen molar-refractivity contribution in [2.45, 2.75) is 19.5 Å². The highest BCUT2D eigenvalue weighted by Crippen LogP contribution is 2.38. The molecule has 0 unspecified atom stereocenters. The molecule has 0 spiro atoms. The number of aliphatic imine (C=N–C) groups is 1. The lowest BCUT2D eigenvalue weighted by atomic mass is 10.2. The molecule has 0 aliphatic carbocycles. The highest BCUT2D eigenvalue weighted by atomic mass is 127. The Morgan fingerprint density at radius 3 is 2.33 bits per heavy atom. The normalized spacial score (nSPS) is 10.7. The van der Waals surface area contributed by atoms with Crippen LogP contribution in [0.3, 0.4) is 0 Å². The van der Waals surface area contributed by atoms with Crippen molar-refractivity contribution in [3.05, 3.63) is 36.4 Å². The fourth-order valence-corrected chi connectivity index (χ4v) is 2.53. The molecule has 0 radical (unpaired) electrons. The van der Waals surface area contributed by atoms with Gasteiger partial charge < -0.3 is 29.4 Å². The number of halogens is 1. The number of hydrogen-bond acceptors (Lipinski definition) is 5. The van der Waals surface area contributed by atoms with Crippen LogP contribution >= 0.6 is 24.0 Å². The molecule has 0 fully saturated rings. The van der Waals surface area contributed by atoms with Crippen LogP contribution in [0.2, 0.25) is 0 Å². The fourth-order valence-electron chi connectivity index (χ4n) is 2.53. The number of aromatic nitrogens is 2. The molecule has 0 aliphatic rings. The summed E-state index contributed by atoms with van der Waals surface area (Å²) in [6.45, 7) is 2.31. The quantitative estimate of drug-likeness (QED) is 0.244. The molecule has 1 heterocycles. The number of methoxy groups -OCH3 is 3. The van der Waals surface area contributed by atoms with Crippen LogP contribution in [0, 0.1) is 0 Å². The lowest BCUT2D eigenvalue weighted by Crippen LogP contribution is -2.37. The van der Waals surface area contributed by atoms with Crippen molar-refractivity contribution in [3.63, 3.8) is 0 Å². The molecule has 0 amide bonds. The van der Waals surface area contributed by atoms with E-state index >= 15 is 0 Å². The molecular formula is C18H28IN5O3. The SMILES string of the molecule is CN=C(NCCCn1ccnc1)NCc1cc(OC)c(OC)c(OC)c1.I. The lowest BCUT2D eigenvalue weighted by molar-refractivity contribution is 0.323. The van der Waals surface area contributed by atoms with Crippen molar-refractivity contribution >= 4 is 29.9 Å². The number of benzene rings is 1. The van der Waals surface area contributed by atoms with E-state index in [0.717, 1.165) is 31.0 Å². The zero-order valence-electron chi connectivity index (χ0n) is 16.2. The molecule has 0 aliphatic heterocycles. The summed E-state index contributed by atoms with van der Waals surface area (Å²) < 4.78 is 18.2. The van der Waals surface area contributed by atoms with E-state index < -0.39 is 0 Å². The largest absolute Gasteiger partial charge is 0.493 e. The van der Waals surface area contributed by atoms with E-state index in [4.69, 9.17) is 14.2 Å². The molecule has 2 aromatic rings. The van der Waals surface area contributed by atoms with Gasteiger partial charge in [0, 0.05) is 39.1 Å². The first-order valence-electron chi connectivity index (χ1n) is 8.41. The van der Waals surface area contributed by atoms with Gasteiger partial charge in [-0.2, -0.15) is 0 Å². The molecule has 9 heteroatoms. The van der Waals surface area contributed by atoms with Crippen molar-refractivity contribution in [2.75, 3.05) is 34.9 Å². The zero-order valence-corrected chi connectivity index (χ0v) is 18.5. The van der Waals surface area contributed by atoms with Crippen LogP contribution in [-0.4, -0.2) is 50.4 Å². The van der Waals surface area contributed by atoms with Gasteiger partial charge in [-0.15, -0.1) is 24.0 Å². The van der Waals surface area contributed by atoms with Gasteiger partial charge >= 0.3 is 0 Å². The molecule has 0 atom stereocenters. The Kier molecular flexibility index (Phi) is 10.4. The van der Waals surface area contributed by atoms with Gasteiger partial charge in [0.2, 0.25) is 5.75 Å². The Balaban J connectivity index is 0.00000364. The minimum Gasteiger partial charge on any atom is -0.493 e. The number of ether oxygens (including phenoxy) is 3. The molecule has 27 heavy (non-hydrogen) atoms. The molecule has 8 nitrogen and oxygen atoms in total. The Labute approximate surface area is 177 Å². The van der Waals surface area contributed by atoms with Crippen molar-refractivity contribution in [3.8, 4) is 17.2 Å². The topological polar surface area (TPSA) is 81.9 Å². The standard InChI is InChI=1S/C18H27N5O3.HI/c1-19-18(21-6-5-8-23-9-7-20-13-23)22-12-14-10-15(24-2)17(26-4)16(11-14)25-3;/h7,9-11,13H,5-6,8,12H2,1-4H3,(H2,19,21,22);1H. The van der Waals surface area contributed by atoms with E-state index in [9.17, 15) is 0 Å². The summed E-state index contributed by atoms with van der Waals surface area (Å²) in [6, 6.07) is 3.83. The maximum atomic E-state index is 5.38. The van der Waals surface area contributed by atoms with Gasteiger partial charge in [-0.25, -0.2) is 4.98 Å². The third-order valence-corrected chi connectivity index (χ3v) is 3.85. The minimum absolute atomic E-state index is 0. The minimum atomic E-state index is 0. The number of nitrogens with zero attached hydrogens (tertiary/aromatic N) is 3. The third kappa shape index (κ3) is 6.81. The molecule has 0 saturated heterocycles. The highest BCUT2D eigenvalue weighted by Gasteiger charge is 2.13. The summed E-state index contributed by atoms with van der Waals surface area (Å²) in [4.78, 5) is 8.28. The Morgan fingerprint density at radius 1 is 1.11 bits per heavy atom. The van der Waals surface area contributed by atoms with E-state index in [-0.39, 0.29) is 24.0 Å². The van der Waals surface area contributed by atoms with Crippen LogP contribution in [0.25, 0.3) is 0 Å². The lowest BCUT2D eigenvalue weighted by Gasteiger charge is -2.16. The van der Waals surface area contributed by atoms with Crippen LogP contribution in [0.1, 0.15) is 12.0 Å². The van der Waals surface area contributed by atoms with Gasteiger partial charge in [-0.1, -0.05) is 0 Å². The predicted octanol–water partition coefficient (Wildman–Crippen LogP) is 2.28. The average Bonchev–Trinajstić information content (AvgIpc) is 3.19. The predicted molar refractivity (Wildman–Crippen MR) is 117 cm³/mol. The van der Waals surface area contributed by atoms with Gasteiger partial charge in [-0.3, -0.25) is 4.99 Å². The monoisotopic (exact) mass is 489 g/mol. The van der Waals surface area contributed by atoms with Crippen molar-refractivity contribution in [2.24, 2.45) is 4.99 Å². The highest BCUT2D eigenvalue weighted by molar-refractivity contribution is 14.0. The van der Waals surface area contributed by atoms with Crippen molar-refractivity contribution in [1.29, 1.82) is 0 Å². The second-order valence-corrected chi connectivity index (χ2v) is 5.54. The molecular weight excluding hydrogens is 461 g/mol. The molecule has 2 rings (SSSR count). The van der Waals surface area contributed by atoms with E-state index in [1.54, 1.807) is 34.6 Å². The van der Waals surface area contributed by atoms with Crippen LogP contribution in [0.5, 0.6) is 17.2 Å². The second kappa shape index (κ2) is 12.3. The molecule has 1 aromatic heterocycles. The summed E-state index contributed by atoms with van der Waals surface area (Å²) in [5, 5.41) is 6.59. The molecule has 0 saturated carbocycles. The number of rotatable bonds is 9. The van der Waals surface area contributed by atoms with E-state index in [0.29, 0.717) is 23.8 Å². The first-order chi connectivity index (χ1) is 12.7. The number of guanidine groups is 1. The molecule has 0 bridgehead atoms. The molecule has 1 aromatic carbocycles. The number of nitrogens with one attached hydrogen (secondary N) is 2. The molecule has 2 N–H and O–H groups in total. The molecule has 150 valence electrons. The van der Waals surface area contributed by atoms with Crippen LogP contribution in [0.4, 0.5) is 0 Å². The van der Waals surface area contributed by atoms with Crippen LogP contribution in [-0.2, 0) is 13.1 Å². The maximum Gasteiger partial charge on any atom is 0.203 e. The number of hydrogen-bond donors (Lipinski definition) is 2. The van der Waals surface area contributed by atoms with E-state index in [1.165, 1.54) is 0 Å². The average molecular weight is 489 g/mol. The zero-order chi connectivity index (χ0) is 18.8. The van der Waals surface area contributed by atoms with Gasteiger partial charge in [0.05, 0.1) is 27.7 Å². The maximum absolute atomic E-state index is 5.38. The van der Waals surface area contributed by atoms with Crippen LogP contribution in [0.15, 0.2) is 35.8 Å².